The van der Waals surface area contributed by atoms with E-state index in [9.17, 15) is 13.2 Å². The van der Waals surface area contributed by atoms with Gasteiger partial charge in [0.25, 0.3) is 0 Å². The molecular formula is C18H23F3O3. The summed E-state index contributed by atoms with van der Waals surface area (Å²) in [5.41, 5.74) is 0.229. The van der Waals surface area contributed by atoms with Gasteiger partial charge in [0.05, 0.1) is 23.9 Å². The first-order chi connectivity index (χ1) is 11.1. The predicted molar refractivity (Wildman–Crippen MR) is 82.6 cm³/mol. The molecule has 2 aliphatic heterocycles. The summed E-state index contributed by atoms with van der Waals surface area (Å²) in [6, 6.07) is 5.92. The quantitative estimate of drug-likeness (QED) is 0.765. The Morgan fingerprint density at radius 2 is 2.04 bits per heavy atom. The number of benzene rings is 1. The van der Waals surface area contributed by atoms with E-state index < -0.39 is 6.36 Å². The lowest BCUT2D eigenvalue weighted by Gasteiger charge is -2.31. The molecule has 134 valence electrons. The van der Waals surface area contributed by atoms with E-state index in [2.05, 4.69) is 25.5 Å². The molecule has 0 spiro atoms. The van der Waals surface area contributed by atoms with Gasteiger partial charge in [0.2, 0.25) is 0 Å². The van der Waals surface area contributed by atoms with Gasteiger partial charge in [0, 0.05) is 6.42 Å². The minimum absolute atomic E-state index is 0.0409. The van der Waals surface area contributed by atoms with Gasteiger partial charge in [-0.3, -0.25) is 0 Å². The first-order valence-corrected chi connectivity index (χ1v) is 8.28. The molecule has 3 rings (SSSR count). The lowest BCUT2D eigenvalue weighted by molar-refractivity contribution is -0.274. The summed E-state index contributed by atoms with van der Waals surface area (Å²) >= 11 is 0. The molecule has 0 saturated carbocycles. The van der Waals surface area contributed by atoms with Crippen LogP contribution in [0.25, 0.3) is 0 Å². The van der Waals surface area contributed by atoms with Crippen molar-refractivity contribution in [1.29, 1.82) is 0 Å². The lowest BCUT2D eigenvalue weighted by atomic mass is 9.75. The topological polar surface area (TPSA) is 27.7 Å². The van der Waals surface area contributed by atoms with Crippen LogP contribution in [0.5, 0.6) is 5.75 Å². The smallest absolute Gasteiger partial charge is 0.406 e. The molecule has 2 bridgehead atoms. The summed E-state index contributed by atoms with van der Waals surface area (Å²) in [6.07, 6.45) is -1.90. The third-order valence-corrected chi connectivity index (χ3v) is 5.33. The Kier molecular flexibility index (Phi) is 4.33. The number of ether oxygens (including phenoxy) is 3. The second-order valence-electron chi connectivity index (χ2n) is 7.33. The van der Waals surface area contributed by atoms with Crippen molar-refractivity contribution in [3.8, 4) is 5.75 Å². The second kappa shape index (κ2) is 5.92. The number of hydrogen-bond donors (Lipinski definition) is 0. The van der Waals surface area contributed by atoms with Crippen LogP contribution in [0.4, 0.5) is 13.2 Å². The standard InChI is InChI=1S/C18H23F3O3/c1-12(2)17-8-7-16(3,24-17)15(10-17)22-11-13-5-4-6-14(9-13)23-18(19,20)21/h4-6,9,12,15H,7-8,10-11H2,1-3H3. The van der Waals surface area contributed by atoms with Crippen molar-refractivity contribution in [2.24, 2.45) is 5.92 Å². The van der Waals surface area contributed by atoms with Crippen LogP contribution >= 0.6 is 0 Å². The van der Waals surface area contributed by atoms with E-state index in [1.807, 2.05) is 0 Å². The minimum atomic E-state index is -4.69. The fraction of sp³-hybridized carbons (Fsp3) is 0.667. The molecule has 2 fully saturated rings. The van der Waals surface area contributed by atoms with Crippen LogP contribution in [0.15, 0.2) is 24.3 Å². The van der Waals surface area contributed by atoms with Gasteiger partial charge < -0.3 is 14.2 Å². The predicted octanol–water partition coefficient (Wildman–Crippen LogP) is 4.84. The molecule has 2 saturated heterocycles. The Labute approximate surface area is 140 Å². The molecule has 3 nitrogen and oxygen atoms in total. The lowest BCUT2D eigenvalue weighted by Crippen LogP contribution is -2.38. The van der Waals surface area contributed by atoms with Gasteiger partial charge in [0.1, 0.15) is 5.75 Å². The monoisotopic (exact) mass is 344 g/mol. The highest BCUT2D eigenvalue weighted by Gasteiger charge is 2.60. The van der Waals surface area contributed by atoms with E-state index in [0.717, 1.165) is 19.3 Å². The highest BCUT2D eigenvalue weighted by atomic mass is 19.4. The summed E-state index contributed by atoms with van der Waals surface area (Å²) < 4.78 is 53.2. The fourth-order valence-corrected chi connectivity index (χ4v) is 3.83. The van der Waals surface area contributed by atoms with Crippen LogP contribution in [0.2, 0.25) is 0 Å². The zero-order chi connectivity index (χ0) is 17.6. The molecule has 0 aliphatic carbocycles. The van der Waals surface area contributed by atoms with Crippen molar-refractivity contribution >= 4 is 0 Å². The Morgan fingerprint density at radius 1 is 1.29 bits per heavy atom. The summed E-state index contributed by atoms with van der Waals surface area (Å²) in [6.45, 7) is 6.63. The van der Waals surface area contributed by atoms with Crippen molar-refractivity contribution in [2.75, 3.05) is 0 Å². The first-order valence-electron chi connectivity index (χ1n) is 8.28. The summed E-state index contributed by atoms with van der Waals surface area (Å²) in [5.74, 6) is 0.189. The molecule has 1 aromatic rings. The normalized spacial score (nSPS) is 32.5. The van der Waals surface area contributed by atoms with Crippen LogP contribution < -0.4 is 4.74 Å². The van der Waals surface area contributed by atoms with Gasteiger partial charge in [-0.2, -0.15) is 0 Å². The largest absolute Gasteiger partial charge is 0.573 e. The van der Waals surface area contributed by atoms with Gasteiger partial charge >= 0.3 is 6.36 Å². The fourth-order valence-electron chi connectivity index (χ4n) is 3.83. The van der Waals surface area contributed by atoms with Crippen molar-refractivity contribution in [3.05, 3.63) is 29.8 Å². The van der Waals surface area contributed by atoms with E-state index in [4.69, 9.17) is 9.47 Å². The molecule has 0 amide bonds. The third-order valence-electron chi connectivity index (χ3n) is 5.33. The molecule has 2 aliphatic rings. The van der Waals surface area contributed by atoms with Gasteiger partial charge in [-0.25, -0.2) is 0 Å². The van der Waals surface area contributed by atoms with E-state index in [1.54, 1.807) is 6.07 Å². The maximum absolute atomic E-state index is 12.3. The molecule has 6 heteroatoms. The van der Waals surface area contributed by atoms with Gasteiger partial charge in [-0.15, -0.1) is 13.2 Å². The molecular weight excluding hydrogens is 321 g/mol. The molecule has 3 atom stereocenters. The van der Waals surface area contributed by atoms with Crippen LogP contribution in [-0.4, -0.2) is 23.7 Å². The number of halogens is 3. The summed E-state index contributed by atoms with van der Waals surface area (Å²) in [5, 5.41) is 0. The molecule has 3 unspecified atom stereocenters. The highest BCUT2D eigenvalue weighted by Crippen LogP contribution is 2.55. The molecule has 2 heterocycles. The number of rotatable bonds is 5. The van der Waals surface area contributed by atoms with E-state index in [0.29, 0.717) is 11.5 Å². The number of hydrogen-bond acceptors (Lipinski definition) is 3. The Balaban J connectivity index is 1.64. The number of alkyl halides is 3. The third kappa shape index (κ3) is 3.40. The SMILES string of the molecule is CC(C)C12CCC(C)(O1)C(OCc1cccc(OC(F)(F)F)c1)C2. The Bertz CT molecular complexity index is 601. The van der Waals surface area contributed by atoms with Gasteiger partial charge in [-0.1, -0.05) is 26.0 Å². The van der Waals surface area contributed by atoms with Crippen molar-refractivity contribution in [1.82, 2.24) is 0 Å². The average Bonchev–Trinajstić information content (AvgIpc) is 2.96. The zero-order valence-electron chi connectivity index (χ0n) is 14.2. The van der Waals surface area contributed by atoms with E-state index >= 15 is 0 Å². The van der Waals surface area contributed by atoms with Crippen molar-refractivity contribution < 1.29 is 27.4 Å². The van der Waals surface area contributed by atoms with Gasteiger partial charge in [-0.05, 0) is 43.4 Å². The van der Waals surface area contributed by atoms with Crippen LogP contribution in [0.1, 0.15) is 45.6 Å². The number of fused-ring (bicyclic) bond motifs is 2. The van der Waals surface area contributed by atoms with Crippen LogP contribution in [0, 0.1) is 5.92 Å². The Morgan fingerprint density at radius 3 is 2.67 bits per heavy atom. The second-order valence-corrected chi connectivity index (χ2v) is 7.33. The average molecular weight is 344 g/mol. The zero-order valence-corrected chi connectivity index (χ0v) is 14.2. The van der Waals surface area contributed by atoms with Crippen LogP contribution in [-0.2, 0) is 16.1 Å². The first kappa shape index (κ1) is 17.5. The van der Waals surface area contributed by atoms with Gasteiger partial charge in [0.15, 0.2) is 0 Å². The Hall–Kier alpha value is -1.27. The molecule has 0 aromatic heterocycles. The highest BCUT2D eigenvalue weighted by molar-refractivity contribution is 5.28. The minimum Gasteiger partial charge on any atom is -0.406 e. The summed E-state index contributed by atoms with van der Waals surface area (Å²) in [7, 11) is 0. The van der Waals surface area contributed by atoms with E-state index in [-0.39, 0.29) is 29.7 Å². The van der Waals surface area contributed by atoms with Crippen LogP contribution in [0.3, 0.4) is 0 Å². The van der Waals surface area contributed by atoms with E-state index in [1.165, 1.54) is 18.2 Å². The molecule has 24 heavy (non-hydrogen) atoms. The molecule has 1 aromatic carbocycles. The molecule has 0 radical (unpaired) electrons. The maximum Gasteiger partial charge on any atom is 0.573 e. The van der Waals surface area contributed by atoms with Crippen molar-refractivity contribution in [2.45, 2.75) is 70.3 Å². The molecule has 0 N–H and O–H groups in total. The maximum atomic E-state index is 12.3. The van der Waals surface area contributed by atoms with Crippen molar-refractivity contribution in [3.63, 3.8) is 0 Å². The summed E-state index contributed by atoms with van der Waals surface area (Å²) in [4.78, 5) is 0.